The van der Waals surface area contributed by atoms with Crippen molar-refractivity contribution in [1.82, 2.24) is 10.6 Å². The van der Waals surface area contributed by atoms with E-state index < -0.39 is 0 Å². The molecular weight excluding hydrogens is 244 g/mol. The van der Waals surface area contributed by atoms with E-state index in [1.807, 2.05) is 26.1 Å². The fourth-order valence-corrected chi connectivity index (χ4v) is 2.74. The first-order valence-corrected chi connectivity index (χ1v) is 6.97. The van der Waals surface area contributed by atoms with Crippen LogP contribution in [-0.4, -0.2) is 25.5 Å². The minimum absolute atomic E-state index is 0.0839. The molecular formula is C14H18N2OS. The van der Waals surface area contributed by atoms with Crippen LogP contribution < -0.4 is 10.6 Å². The van der Waals surface area contributed by atoms with Gasteiger partial charge in [0.1, 0.15) is 0 Å². The molecule has 1 unspecified atom stereocenters. The maximum absolute atomic E-state index is 11.8. The molecule has 0 aliphatic carbocycles. The van der Waals surface area contributed by atoms with Gasteiger partial charge in [0.05, 0.1) is 6.42 Å². The van der Waals surface area contributed by atoms with Crippen LogP contribution in [-0.2, 0) is 11.2 Å². The van der Waals surface area contributed by atoms with Crippen molar-refractivity contribution in [2.45, 2.75) is 19.4 Å². The van der Waals surface area contributed by atoms with Gasteiger partial charge in [-0.25, -0.2) is 0 Å². The smallest absolute Gasteiger partial charge is 0.224 e. The van der Waals surface area contributed by atoms with Gasteiger partial charge in [-0.2, -0.15) is 0 Å². The summed E-state index contributed by atoms with van der Waals surface area (Å²) in [6, 6.07) is 8.50. The topological polar surface area (TPSA) is 41.1 Å². The number of nitrogens with one attached hydrogen (secondary N) is 2. The van der Waals surface area contributed by atoms with Crippen LogP contribution in [0.3, 0.4) is 0 Å². The van der Waals surface area contributed by atoms with Crippen molar-refractivity contribution in [2.24, 2.45) is 0 Å². The first-order valence-electron chi connectivity index (χ1n) is 6.09. The van der Waals surface area contributed by atoms with Gasteiger partial charge in [0, 0.05) is 17.3 Å². The Hall–Kier alpha value is -1.39. The zero-order chi connectivity index (χ0) is 13.0. The number of thiophene rings is 1. The van der Waals surface area contributed by atoms with E-state index in [1.165, 1.54) is 10.1 Å². The van der Waals surface area contributed by atoms with Gasteiger partial charge in [0.2, 0.25) is 5.91 Å². The van der Waals surface area contributed by atoms with Crippen molar-refractivity contribution in [3.05, 3.63) is 35.2 Å². The van der Waals surface area contributed by atoms with Gasteiger partial charge in [0.15, 0.2) is 0 Å². The Morgan fingerprint density at radius 2 is 2.17 bits per heavy atom. The molecule has 0 saturated carbocycles. The van der Waals surface area contributed by atoms with Crippen molar-refractivity contribution in [3.63, 3.8) is 0 Å². The van der Waals surface area contributed by atoms with Gasteiger partial charge in [-0.05, 0) is 36.4 Å². The van der Waals surface area contributed by atoms with Crippen LogP contribution in [0.4, 0.5) is 0 Å². The number of likely N-dealkylation sites (N-methyl/N-ethyl adjacent to an activating group) is 1. The normalized spacial score (nSPS) is 12.6. The summed E-state index contributed by atoms with van der Waals surface area (Å²) in [6.07, 6.45) is 0.459. The Morgan fingerprint density at radius 3 is 2.94 bits per heavy atom. The molecule has 4 heteroatoms. The molecule has 3 nitrogen and oxygen atoms in total. The third-order valence-corrected chi connectivity index (χ3v) is 4.02. The standard InChI is InChI=1S/C14H18N2OS/c1-10(15-2)8-16-14(17)7-11-9-18-13-6-4-3-5-12(11)13/h3-6,9-10,15H,7-8H2,1-2H3,(H,16,17). The molecule has 1 heterocycles. The van der Waals surface area contributed by atoms with E-state index in [0.717, 1.165) is 5.56 Å². The van der Waals surface area contributed by atoms with Crippen LogP contribution in [0.5, 0.6) is 0 Å². The quantitative estimate of drug-likeness (QED) is 0.867. The second-order valence-corrected chi connectivity index (χ2v) is 5.34. The zero-order valence-electron chi connectivity index (χ0n) is 10.7. The average Bonchev–Trinajstić information content (AvgIpc) is 2.79. The average molecular weight is 262 g/mol. The van der Waals surface area contributed by atoms with E-state index in [-0.39, 0.29) is 5.91 Å². The molecule has 0 spiro atoms. The van der Waals surface area contributed by atoms with Crippen LogP contribution in [0.2, 0.25) is 0 Å². The minimum atomic E-state index is 0.0839. The lowest BCUT2D eigenvalue weighted by molar-refractivity contribution is -0.120. The molecule has 0 fully saturated rings. The van der Waals surface area contributed by atoms with Crippen molar-refractivity contribution in [3.8, 4) is 0 Å². The molecule has 2 aromatic rings. The Morgan fingerprint density at radius 1 is 1.39 bits per heavy atom. The van der Waals surface area contributed by atoms with Crippen LogP contribution in [0, 0.1) is 0 Å². The fraction of sp³-hybridized carbons (Fsp3) is 0.357. The highest BCUT2D eigenvalue weighted by molar-refractivity contribution is 7.17. The first-order chi connectivity index (χ1) is 8.70. The molecule has 0 bridgehead atoms. The Balaban J connectivity index is 1.99. The lowest BCUT2D eigenvalue weighted by Crippen LogP contribution is -2.37. The number of amides is 1. The van der Waals surface area contributed by atoms with Crippen LogP contribution in [0.1, 0.15) is 12.5 Å². The highest BCUT2D eigenvalue weighted by Gasteiger charge is 2.09. The van der Waals surface area contributed by atoms with Crippen LogP contribution in [0.25, 0.3) is 10.1 Å². The molecule has 1 atom stereocenters. The molecule has 1 amide bonds. The van der Waals surface area contributed by atoms with E-state index in [4.69, 9.17) is 0 Å². The largest absolute Gasteiger partial charge is 0.354 e. The van der Waals surface area contributed by atoms with Crippen molar-refractivity contribution in [1.29, 1.82) is 0 Å². The first kappa shape index (κ1) is 13.1. The summed E-state index contributed by atoms with van der Waals surface area (Å²) in [5.74, 6) is 0.0839. The lowest BCUT2D eigenvalue weighted by atomic mass is 10.1. The third-order valence-electron chi connectivity index (χ3n) is 3.01. The molecule has 0 radical (unpaired) electrons. The summed E-state index contributed by atoms with van der Waals surface area (Å²) in [5, 5.41) is 9.30. The Labute approximate surface area is 111 Å². The second kappa shape index (κ2) is 5.98. The maximum atomic E-state index is 11.8. The predicted molar refractivity (Wildman–Crippen MR) is 77.1 cm³/mol. The predicted octanol–water partition coefficient (Wildman–Crippen LogP) is 2.17. The Kier molecular flexibility index (Phi) is 4.33. The van der Waals surface area contributed by atoms with Gasteiger partial charge >= 0.3 is 0 Å². The Bertz CT molecular complexity index is 535. The summed E-state index contributed by atoms with van der Waals surface area (Å²) in [7, 11) is 1.89. The molecule has 1 aromatic heterocycles. The summed E-state index contributed by atoms with van der Waals surface area (Å²) in [5.41, 5.74) is 1.12. The molecule has 96 valence electrons. The maximum Gasteiger partial charge on any atom is 0.224 e. The summed E-state index contributed by atoms with van der Waals surface area (Å²) in [4.78, 5) is 11.8. The third kappa shape index (κ3) is 3.09. The van der Waals surface area contributed by atoms with Crippen molar-refractivity contribution >= 4 is 27.3 Å². The number of hydrogen-bond acceptors (Lipinski definition) is 3. The van der Waals surface area contributed by atoms with E-state index in [9.17, 15) is 4.79 Å². The molecule has 0 aliphatic rings. The molecule has 2 N–H and O–H groups in total. The van der Waals surface area contributed by atoms with E-state index in [1.54, 1.807) is 11.3 Å². The van der Waals surface area contributed by atoms with Crippen LogP contribution in [0.15, 0.2) is 29.6 Å². The number of hydrogen-bond donors (Lipinski definition) is 2. The van der Waals surface area contributed by atoms with Gasteiger partial charge in [-0.3, -0.25) is 4.79 Å². The second-order valence-electron chi connectivity index (χ2n) is 4.43. The lowest BCUT2D eigenvalue weighted by Gasteiger charge is -2.11. The summed E-state index contributed by atoms with van der Waals surface area (Å²) < 4.78 is 1.24. The summed E-state index contributed by atoms with van der Waals surface area (Å²) in [6.45, 7) is 2.71. The van der Waals surface area contributed by atoms with E-state index in [2.05, 4.69) is 28.1 Å². The number of fused-ring (bicyclic) bond motifs is 1. The monoisotopic (exact) mass is 262 g/mol. The van der Waals surface area contributed by atoms with Crippen molar-refractivity contribution < 1.29 is 4.79 Å². The SMILES string of the molecule is CNC(C)CNC(=O)Cc1csc2ccccc12. The van der Waals surface area contributed by atoms with Gasteiger partial charge in [-0.1, -0.05) is 18.2 Å². The minimum Gasteiger partial charge on any atom is -0.354 e. The fourth-order valence-electron chi connectivity index (χ4n) is 1.77. The van der Waals surface area contributed by atoms with Gasteiger partial charge in [0.25, 0.3) is 0 Å². The molecule has 2 rings (SSSR count). The van der Waals surface area contributed by atoms with E-state index >= 15 is 0 Å². The zero-order valence-corrected chi connectivity index (χ0v) is 11.5. The van der Waals surface area contributed by atoms with Gasteiger partial charge < -0.3 is 10.6 Å². The number of carbonyl (C=O) groups is 1. The molecule has 0 saturated heterocycles. The van der Waals surface area contributed by atoms with Gasteiger partial charge in [-0.15, -0.1) is 11.3 Å². The molecule has 0 aliphatic heterocycles. The highest BCUT2D eigenvalue weighted by atomic mass is 32.1. The number of rotatable bonds is 5. The highest BCUT2D eigenvalue weighted by Crippen LogP contribution is 2.25. The molecule has 1 aromatic carbocycles. The van der Waals surface area contributed by atoms with E-state index in [0.29, 0.717) is 19.0 Å². The molecule has 18 heavy (non-hydrogen) atoms. The number of carbonyl (C=O) groups excluding carboxylic acids is 1. The van der Waals surface area contributed by atoms with Crippen molar-refractivity contribution in [2.75, 3.05) is 13.6 Å². The number of benzene rings is 1. The summed E-state index contributed by atoms with van der Waals surface area (Å²) >= 11 is 1.69. The van der Waals surface area contributed by atoms with Crippen LogP contribution >= 0.6 is 11.3 Å².